The molecule has 4 nitrogen and oxygen atoms in total. The molecule has 1 N–H and O–H groups in total. The number of nitrogens with zero attached hydrogens (tertiary/aromatic N) is 1. The van der Waals surface area contributed by atoms with Crippen LogP contribution in [0.1, 0.15) is 26.3 Å². The molecule has 1 atom stereocenters. The summed E-state index contributed by atoms with van der Waals surface area (Å²) in [5, 5.41) is 9.71. The third kappa shape index (κ3) is 4.85. The molecule has 0 aliphatic carbocycles. The van der Waals surface area contributed by atoms with Gasteiger partial charge in [0.1, 0.15) is 11.4 Å². The van der Waals surface area contributed by atoms with Crippen LogP contribution in [0.4, 0.5) is 0 Å². The molecule has 0 bridgehead atoms. The normalized spacial score (nSPS) is 12.9. The summed E-state index contributed by atoms with van der Waals surface area (Å²) in [6, 6.07) is 7.95. The summed E-state index contributed by atoms with van der Waals surface area (Å²) in [7, 11) is 3.37. The van der Waals surface area contributed by atoms with Crippen LogP contribution in [-0.2, 0) is 11.2 Å². The lowest BCUT2D eigenvalue weighted by Gasteiger charge is -2.27. The van der Waals surface area contributed by atoms with Crippen LogP contribution in [0.3, 0.4) is 0 Å². The van der Waals surface area contributed by atoms with E-state index in [-0.39, 0.29) is 5.91 Å². The van der Waals surface area contributed by atoms with Crippen LogP contribution < -0.4 is 4.74 Å². The number of ether oxygens (including phenoxy) is 1. The Morgan fingerprint density at radius 1 is 1.35 bits per heavy atom. The van der Waals surface area contributed by atoms with Gasteiger partial charge in [-0.15, -0.1) is 0 Å². The first-order chi connectivity index (χ1) is 9.24. The van der Waals surface area contributed by atoms with Gasteiger partial charge in [0, 0.05) is 13.6 Å². The maximum Gasteiger partial charge on any atom is 0.253 e. The van der Waals surface area contributed by atoms with Gasteiger partial charge in [-0.1, -0.05) is 19.1 Å². The van der Waals surface area contributed by atoms with Crippen molar-refractivity contribution in [2.75, 3.05) is 20.7 Å². The third-order valence-corrected chi connectivity index (χ3v) is 3.20. The zero-order chi connectivity index (χ0) is 15.3. The van der Waals surface area contributed by atoms with Gasteiger partial charge in [-0.3, -0.25) is 4.79 Å². The van der Waals surface area contributed by atoms with Gasteiger partial charge in [-0.05, 0) is 43.9 Å². The summed E-state index contributed by atoms with van der Waals surface area (Å²) in [4.78, 5) is 13.5. The predicted octanol–water partition coefficient (Wildman–Crippen LogP) is 2.10. The Kier molecular flexibility index (Phi) is 5.57. The van der Waals surface area contributed by atoms with Crippen LogP contribution in [0.2, 0.25) is 0 Å². The highest BCUT2D eigenvalue weighted by Gasteiger charge is 2.27. The highest BCUT2D eigenvalue weighted by atomic mass is 16.5. The Morgan fingerprint density at radius 2 is 1.90 bits per heavy atom. The number of methoxy groups -OCH3 is 1. The van der Waals surface area contributed by atoms with E-state index < -0.39 is 5.60 Å². The van der Waals surface area contributed by atoms with Gasteiger partial charge in [0.25, 0.3) is 5.91 Å². The van der Waals surface area contributed by atoms with E-state index in [2.05, 4.69) is 6.92 Å². The van der Waals surface area contributed by atoms with Crippen LogP contribution in [0.25, 0.3) is 0 Å². The van der Waals surface area contributed by atoms with Crippen molar-refractivity contribution < 1.29 is 14.6 Å². The molecule has 0 aromatic heterocycles. The monoisotopic (exact) mass is 279 g/mol. The van der Waals surface area contributed by atoms with E-state index in [4.69, 9.17) is 4.74 Å². The molecule has 1 rings (SSSR count). The van der Waals surface area contributed by atoms with Crippen LogP contribution in [0.15, 0.2) is 24.3 Å². The molecule has 1 aromatic rings. The SMILES string of the molecule is COc1ccc(C[C@H](C)CN(C)C(=O)C(C)(C)O)cc1. The maximum atomic E-state index is 11.9. The molecule has 0 saturated heterocycles. The number of likely N-dealkylation sites (N-methyl/N-ethyl adjacent to an activating group) is 1. The second-order valence-corrected chi connectivity index (χ2v) is 5.90. The van der Waals surface area contributed by atoms with Crippen molar-refractivity contribution in [1.82, 2.24) is 4.90 Å². The summed E-state index contributed by atoms with van der Waals surface area (Å²) >= 11 is 0. The summed E-state index contributed by atoms with van der Waals surface area (Å²) in [6.45, 7) is 5.74. The van der Waals surface area contributed by atoms with Crippen molar-refractivity contribution in [2.24, 2.45) is 5.92 Å². The first-order valence-electron chi connectivity index (χ1n) is 6.85. The lowest BCUT2D eigenvalue weighted by molar-refractivity contribution is -0.146. The van der Waals surface area contributed by atoms with Gasteiger partial charge < -0.3 is 14.7 Å². The zero-order valence-corrected chi connectivity index (χ0v) is 13.0. The smallest absolute Gasteiger partial charge is 0.253 e. The first-order valence-corrected chi connectivity index (χ1v) is 6.85. The fourth-order valence-corrected chi connectivity index (χ4v) is 2.25. The second kappa shape index (κ2) is 6.75. The number of benzene rings is 1. The minimum atomic E-state index is -1.31. The molecule has 0 heterocycles. The standard InChI is InChI=1S/C16H25NO3/c1-12(11-17(4)15(18)16(2,3)19)10-13-6-8-14(20-5)9-7-13/h6-9,12,19H,10-11H2,1-5H3/t12-/m0/s1. The van der Waals surface area contributed by atoms with Gasteiger partial charge in [0.15, 0.2) is 0 Å². The van der Waals surface area contributed by atoms with E-state index in [0.29, 0.717) is 12.5 Å². The number of carbonyl (C=O) groups is 1. The molecule has 0 fully saturated rings. The molecule has 0 radical (unpaired) electrons. The molecule has 1 amide bonds. The largest absolute Gasteiger partial charge is 0.497 e. The van der Waals surface area contributed by atoms with E-state index in [9.17, 15) is 9.90 Å². The Morgan fingerprint density at radius 3 is 2.35 bits per heavy atom. The van der Waals surface area contributed by atoms with Gasteiger partial charge in [-0.2, -0.15) is 0 Å². The van der Waals surface area contributed by atoms with Crippen molar-refractivity contribution in [3.05, 3.63) is 29.8 Å². The molecule has 20 heavy (non-hydrogen) atoms. The molecular weight excluding hydrogens is 254 g/mol. The Hall–Kier alpha value is -1.55. The average molecular weight is 279 g/mol. The quantitative estimate of drug-likeness (QED) is 0.867. The predicted molar refractivity (Wildman–Crippen MR) is 79.8 cm³/mol. The number of aliphatic hydroxyl groups is 1. The van der Waals surface area contributed by atoms with Crippen molar-refractivity contribution in [2.45, 2.75) is 32.8 Å². The summed E-state index contributed by atoms with van der Waals surface area (Å²) < 4.78 is 5.13. The Labute approximate surface area is 121 Å². The molecular formula is C16H25NO3. The van der Waals surface area contributed by atoms with Crippen LogP contribution in [0.5, 0.6) is 5.75 Å². The lowest BCUT2D eigenvalue weighted by Crippen LogP contribution is -2.44. The summed E-state index contributed by atoms with van der Waals surface area (Å²) in [5.74, 6) is 0.912. The van der Waals surface area contributed by atoms with Gasteiger partial charge >= 0.3 is 0 Å². The molecule has 0 saturated carbocycles. The van der Waals surface area contributed by atoms with Crippen molar-refractivity contribution in [3.63, 3.8) is 0 Å². The fraction of sp³-hybridized carbons (Fsp3) is 0.562. The maximum absolute atomic E-state index is 11.9. The highest BCUT2D eigenvalue weighted by Crippen LogP contribution is 2.16. The van der Waals surface area contributed by atoms with E-state index >= 15 is 0 Å². The van der Waals surface area contributed by atoms with Crippen LogP contribution in [-0.4, -0.2) is 42.2 Å². The molecule has 0 aliphatic heterocycles. The number of rotatable bonds is 6. The number of hydrogen-bond donors (Lipinski definition) is 1. The highest BCUT2D eigenvalue weighted by molar-refractivity contribution is 5.83. The van der Waals surface area contributed by atoms with E-state index in [1.54, 1.807) is 19.1 Å². The summed E-state index contributed by atoms with van der Waals surface area (Å²) in [5.41, 5.74) is -0.100. The van der Waals surface area contributed by atoms with Crippen molar-refractivity contribution >= 4 is 5.91 Å². The molecule has 0 aliphatic rings. The number of amides is 1. The van der Waals surface area contributed by atoms with Gasteiger partial charge in [0.2, 0.25) is 0 Å². The molecule has 112 valence electrons. The Balaban J connectivity index is 2.54. The summed E-state index contributed by atoms with van der Waals surface area (Å²) in [6.07, 6.45) is 0.882. The van der Waals surface area contributed by atoms with Crippen LogP contribution >= 0.6 is 0 Å². The van der Waals surface area contributed by atoms with E-state index in [1.165, 1.54) is 19.4 Å². The average Bonchev–Trinajstić information content (AvgIpc) is 2.37. The van der Waals surface area contributed by atoms with Crippen molar-refractivity contribution in [1.29, 1.82) is 0 Å². The molecule has 1 aromatic carbocycles. The van der Waals surface area contributed by atoms with E-state index in [0.717, 1.165) is 12.2 Å². The van der Waals surface area contributed by atoms with E-state index in [1.807, 2.05) is 24.3 Å². The fourth-order valence-electron chi connectivity index (χ4n) is 2.25. The molecule has 0 unspecified atom stereocenters. The number of hydrogen-bond acceptors (Lipinski definition) is 3. The van der Waals surface area contributed by atoms with Gasteiger partial charge in [0.05, 0.1) is 7.11 Å². The first kappa shape index (κ1) is 16.5. The Bertz CT molecular complexity index is 434. The third-order valence-electron chi connectivity index (χ3n) is 3.20. The van der Waals surface area contributed by atoms with Crippen molar-refractivity contribution in [3.8, 4) is 5.75 Å². The zero-order valence-electron chi connectivity index (χ0n) is 13.0. The minimum absolute atomic E-state index is 0.251. The topological polar surface area (TPSA) is 49.8 Å². The number of carbonyl (C=O) groups excluding carboxylic acids is 1. The second-order valence-electron chi connectivity index (χ2n) is 5.90. The lowest BCUT2D eigenvalue weighted by atomic mass is 10.00. The minimum Gasteiger partial charge on any atom is -0.497 e. The molecule has 4 heteroatoms. The van der Waals surface area contributed by atoms with Crippen LogP contribution in [0, 0.1) is 5.92 Å². The van der Waals surface area contributed by atoms with Gasteiger partial charge in [-0.25, -0.2) is 0 Å². The molecule has 0 spiro atoms.